The summed E-state index contributed by atoms with van der Waals surface area (Å²) in [5, 5.41) is 0.864. The molecule has 116 valence electrons. The maximum atomic E-state index is 12.3. The maximum Gasteiger partial charge on any atom is 0.221 e. The highest BCUT2D eigenvalue weighted by molar-refractivity contribution is 6.07. The van der Waals surface area contributed by atoms with Crippen LogP contribution in [0.3, 0.4) is 0 Å². The number of fused-ring (bicyclic) bond motifs is 1. The predicted molar refractivity (Wildman–Crippen MR) is 91.9 cm³/mol. The van der Waals surface area contributed by atoms with Crippen LogP contribution in [0.15, 0.2) is 59.0 Å². The highest BCUT2D eigenvalue weighted by Crippen LogP contribution is 2.29. The van der Waals surface area contributed by atoms with E-state index in [2.05, 4.69) is 0 Å². The van der Waals surface area contributed by atoms with Gasteiger partial charge in [-0.3, -0.25) is 4.79 Å². The minimum atomic E-state index is -0.163. The average molecular weight is 306 g/mol. The van der Waals surface area contributed by atoms with Crippen LogP contribution in [0.4, 0.5) is 0 Å². The number of aryl methyl sites for hydroxylation is 1. The zero-order valence-electron chi connectivity index (χ0n) is 13.2. The second kappa shape index (κ2) is 6.53. The second-order valence-corrected chi connectivity index (χ2v) is 5.33. The number of hydrogen-bond acceptors (Lipinski definition) is 3. The van der Waals surface area contributed by atoms with Crippen molar-refractivity contribution in [3.05, 3.63) is 71.5 Å². The predicted octanol–water partition coefficient (Wildman–Crippen LogP) is 5.04. The number of furan rings is 1. The number of ketones is 1. The minimum absolute atomic E-state index is 0.163. The van der Waals surface area contributed by atoms with Gasteiger partial charge in [0.25, 0.3) is 0 Å². The molecule has 0 aliphatic rings. The maximum absolute atomic E-state index is 12.3. The second-order valence-electron chi connectivity index (χ2n) is 5.33. The van der Waals surface area contributed by atoms with E-state index in [1.165, 1.54) is 11.6 Å². The molecule has 3 nitrogen and oxygen atoms in total. The normalized spacial score (nSPS) is 11.2. The summed E-state index contributed by atoms with van der Waals surface area (Å²) in [7, 11) is 0. The zero-order chi connectivity index (χ0) is 16.2. The molecular formula is C20H18O3. The lowest BCUT2D eigenvalue weighted by Gasteiger charge is -2.01. The summed E-state index contributed by atoms with van der Waals surface area (Å²) in [5.41, 5.74) is 2.78. The van der Waals surface area contributed by atoms with E-state index < -0.39 is 0 Å². The van der Waals surface area contributed by atoms with Gasteiger partial charge in [0.15, 0.2) is 17.1 Å². The van der Waals surface area contributed by atoms with E-state index in [0.717, 1.165) is 10.9 Å². The van der Waals surface area contributed by atoms with Gasteiger partial charge >= 0.3 is 0 Å². The van der Waals surface area contributed by atoms with Gasteiger partial charge in [0.05, 0.1) is 6.61 Å². The van der Waals surface area contributed by atoms with Gasteiger partial charge in [0, 0.05) is 5.39 Å². The Balaban J connectivity index is 1.86. The molecule has 0 amide bonds. The Hall–Kier alpha value is -2.81. The van der Waals surface area contributed by atoms with Gasteiger partial charge < -0.3 is 9.15 Å². The summed E-state index contributed by atoms with van der Waals surface area (Å²) >= 11 is 0. The highest BCUT2D eigenvalue weighted by atomic mass is 16.5. The van der Waals surface area contributed by atoms with Crippen molar-refractivity contribution in [3.8, 4) is 5.75 Å². The summed E-state index contributed by atoms with van der Waals surface area (Å²) < 4.78 is 11.2. The summed E-state index contributed by atoms with van der Waals surface area (Å²) in [6, 6.07) is 15.4. The van der Waals surface area contributed by atoms with Crippen LogP contribution < -0.4 is 4.74 Å². The van der Waals surface area contributed by atoms with E-state index in [0.29, 0.717) is 23.7 Å². The SMILES string of the molecule is CCOc1cccc2cc(C(=O)/C=C/c3ccc(C)cc3)oc12. The molecule has 0 atom stereocenters. The molecular weight excluding hydrogens is 288 g/mol. The number of ether oxygens (including phenoxy) is 1. The van der Waals surface area contributed by atoms with E-state index in [1.807, 2.05) is 56.3 Å². The Labute approximate surface area is 135 Å². The Morgan fingerprint density at radius 1 is 1.17 bits per heavy atom. The topological polar surface area (TPSA) is 39.4 Å². The Bertz CT molecular complexity index is 854. The van der Waals surface area contributed by atoms with Crippen LogP contribution in [0.5, 0.6) is 5.75 Å². The molecule has 0 aliphatic heterocycles. The third kappa shape index (κ3) is 3.34. The lowest BCUT2D eigenvalue weighted by molar-refractivity contribution is 0.102. The van der Waals surface area contributed by atoms with E-state index >= 15 is 0 Å². The molecule has 0 radical (unpaired) electrons. The van der Waals surface area contributed by atoms with Crippen LogP contribution in [0.1, 0.15) is 28.6 Å². The number of allylic oxidation sites excluding steroid dienone is 1. The van der Waals surface area contributed by atoms with Crippen molar-refractivity contribution >= 4 is 22.8 Å². The Morgan fingerprint density at radius 2 is 1.96 bits per heavy atom. The molecule has 0 saturated carbocycles. The number of hydrogen-bond donors (Lipinski definition) is 0. The quantitative estimate of drug-likeness (QED) is 0.490. The van der Waals surface area contributed by atoms with Crippen molar-refractivity contribution in [2.24, 2.45) is 0 Å². The standard InChI is InChI=1S/C20H18O3/c1-3-22-18-6-4-5-16-13-19(23-20(16)18)17(21)12-11-15-9-7-14(2)8-10-15/h4-13H,3H2,1-2H3/b12-11+. The summed E-state index contributed by atoms with van der Waals surface area (Å²) in [4.78, 5) is 12.3. The molecule has 1 aromatic heterocycles. The first-order chi connectivity index (χ1) is 11.2. The molecule has 3 heteroatoms. The van der Waals surface area contributed by atoms with E-state index in [9.17, 15) is 4.79 Å². The van der Waals surface area contributed by atoms with Gasteiger partial charge in [-0.1, -0.05) is 48.0 Å². The van der Waals surface area contributed by atoms with Crippen molar-refractivity contribution in [1.82, 2.24) is 0 Å². The van der Waals surface area contributed by atoms with Crippen molar-refractivity contribution in [2.75, 3.05) is 6.61 Å². The number of rotatable bonds is 5. The molecule has 0 N–H and O–H groups in total. The van der Waals surface area contributed by atoms with Crippen LogP contribution in [0.2, 0.25) is 0 Å². The Kier molecular flexibility index (Phi) is 4.29. The van der Waals surface area contributed by atoms with Crippen molar-refractivity contribution in [1.29, 1.82) is 0 Å². The molecule has 3 aromatic rings. The van der Waals surface area contributed by atoms with Crippen LogP contribution in [-0.2, 0) is 0 Å². The van der Waals surface area contributed by atoms with Crippen molar-refractivity contribution < 1.29 is 13.9 Å². The smallest absolute Gasteiger partial charge is 0.221 e. The third-order valence-electron chi connectivity index (χ3n) is 3.56. The first-order valence-corrected chi connectivity index (χ1v) is 7.62. The average Bonchev–Trinajstić information content (AvgIpc) is 3.00. The molecule has 0 spiro atoms. The van der Waals surface area contributed by atoms with E-state index in [1.54, 1.807) is 12.1 Å². The highest BCUT2D eigenvalue weighted by Gasteiger charge is 2.12. The fraction of sp³-hybridized carbons (Fsp3) is 0.150. The molecule has 0 unspecified atom stereocenters. The molecule has 1 heterocycles. The third-order valence-corrected chi connectivity index (χ3v) is 3.56. The summed E-state index contributed by atoms with van der Waals surface area (Å²) in [5.74, 6) is 0.811. The van der Waals surface area contributed by atoms with Crippen molar-refractivity contribution in [3.63, 3.8) is 0 Å². The van der Waals surface area contributed by atoms with Crippen LogP contribution in [0, 0.1) is 6.92 Å². The molecule has 0 aliphatic carbocycles. The number of carbonyl (C=O) groups is 1. The van der Waals surface area contributed by atoms with Crippen LogP contribution in [0.25, 0.3) is 17.0 Å². The van der Waals surface area contributed by atoms with Gasteiger partial charge in [-0.2, -0.15) is 0 Å². The minimum Gasteiger partial charge on any atom is -0.490 e. The van der Waals surface area contributed by atoms with Crippen LogP contribution >= 0.6 is 0 Å². The fourth-order valence-electron chi connectivity index (χ4n) is 2.36. The van der Waals surface area contributed by atoms with Gasteiger partial charge in [0.2, 0.25) is 5.78 Å². The lowest BCUT2D eigenvalue weighted by atomic mass is 10.1. The van der Waals surface area contributed by atoms with Crippen LogP contribution in [-0.4, -0.2) is 12.4 Å². The number of para-hydroxylation sites is 1. The summed E-state index contributed by atoms with van der Waals surface area (Å²) in [6.07, 6.45) is 3.32. The molecule has 0 saturated heterocycles. The Morgan fingerprint density at radius 3 is 2.70 bits per heavy atom. The van der Waals surface area contributed by atoms with Gasteiger partial charge in [-0.25, -0.2) is 0 Å². The van der Waals surface area contributed by atoms with Gasteiger partial charge in [0.1, 0.15) is 0 Å². The fourth-order valence-corrected chi connectivity index (χ4v) is 2.36. The van der Waals surface area contributed by atoms with Gasteiger partial charge in [-0.05, 0) is 37.6 Å². The first kappa shape index (κ1) is 15.1. The van der Waals surface area contributed by atoms with Crippen molar-refractivity contribution in [2.45, 2.75) is 13.8 Å². The molecule has 23 heavy (non-hydrogen) atoms. The number of carbonyl (C=O) groups excluding carboxylic acids is 1. The molecule has 0 bridgehead atoms. The molecule has 3 rings (SSSR count). The van der Waals surface area contributed by atoms with E-state index in [-0.39, 0.29) is 5.78 Å². The molecule has 2 aromatic carbocycles. The number of benzene rings is 2. The van der Waals surface area contributed by atoms with E-state index in [4.69, 9.17) is 9.15 Å². The summed E-state index contributed by atoms with van der Waals surface area (Å²) in [6.45, 7) is 4.50. The first-order valence-electron chi connectivity index (χ1n) is 7.62. The molecule has 0 fully saturated rings. The lowest BCUT2D eigenvalue weighted by Crippen LogP contribution is -1.91. The van der Waals surface area contributed by atoms with Gasteiger partial charge in [-0.15, -0.1) is 0 Å². The zero-order valence-corrected chi connectivity index (χ0v) is 13.2. The monoisotopic (exact) mass is 306 g/mol. The largest absolute Gasteiger partial charge is 0.490 e.